The summed E-state index contributed by atoms with van der Waals surface area (Å²) < 4.78 is 27.5. The third kappa shape index (κ3) is 3.73. The molecule has 2 aliphatic rings. The Labute approximate surface area is 178 Å². The van der Waals surface area contributed by atoms with Crippen molar-refractivity contribution in [2.45, 2.75) is 12.5 Å². The van der Waals surface area contributed by atoms with Gasteiger partial charge in [-0.05, 0) is 58.5 Å². The van der Waals surface area contributed by atoms with E-state index in [2.05, 4.69) is 10.6 Å². The van der Waals surface area contributed by atoms with Crippen molar-refractivity contribution in [2.75, 3.05) is 19.6 Å². The molecule has 1 atom stereocenters. The van der Waals surface area contributed by atoms with E-state index in [4.69, 9.17) is 0 Å². The monoisotopic (exact) mass is 420 g/mol. The molecule has 6 heteroatoms. The van der Waals surface area contributed by atoms with Crippen LogP contribution in [0.2, 0.25) is 0 Å². The number of rotatable bonds is 4. The highest BCUT2D eigenvalue weighted by Gasteiger charge is 2.25. The van der Waals surface area contributed by atoms with Crippen molar-refractivity contribution in [3.05, 3.63) is 94.0 Å². The van der Waals surface area contributed by atoms with Crippen LogP contribution in [0.5, 0.6) is 0 Å². The Bertz CT molecular complexity index is 1170. The molecule has 0 spiro atoms. The molecule has 3 N–H and O–H groups in total. The lowest BCUT2D eigenvalue weighted by Crippen LogP contribution is -2.48. The lowest BCUT2D eigenvalue weighted by molar-refractivity contribution is 0.0942. The van der Waals surface area contributed by atoms with Gasteiger partial charge in [0.2, 0.25) is 0 Å². The molecule has 0 radical (unpaired) electrons. The quantitative estimate of drug-likeness (QED) is 0.605. The zero-order chi connectivity index (χ0) is 21.5. The fraction of sp³-hybridized carbons (Fsp3) is 0.240. The highest BCUT2D eigenvalue weighted by molar-refractivity contribution is 5.94. The van der Waals surface area contributed by atoms with E-state index in [0.717, 1.165) is 41.4 Å². The number of halogens is 2. The van der Waals surface area contributed by atoms with E-state index in [1.807, 2.05) is 12.1 Å². The fourth-order valence-electron chi connectivity index (χ4n) is 4.29. The van der Waals surface area contributed by atoms with Gasteiger partial charge in [0.25, 0.3) is 5.91 Å². The summed E-state index contributed by atoms with van der Waals surface area (Å²) in [5, 5.41) is 17.0. The highest BCUT2D eigenvalue weighted by atomic mass is 19.1. The lowest BCUT2D eigenvalue weighted by atomic mass is 9.82. The number of hydrogen-bond acceptors (Lipinski definition) is 3. The molecular weight excluding hydrogens is 398 g/mol. The van der Waals surface area contributed by atoms with Crippen LogP contribution >= 0.6 is 0 Å². The first-order valence-corrected chi connectivity index (χ1v) is 10.4. The van der Waals surface area contributed by atoms with E-state index in [9.17, 15) is 18.7 Å². The smallest absolute Gasteiger partial charge is 0.251 e. The Morgan fingerprint density at radius 1 is 1.00 bits per heavy atom. The predicted octanol–water partition coefficient (Wildman–Crippen LogP) is 3.57. The van der Waals surface area contributed by atoms with Crippen LogP contribution in [-0.4, -0.2) is 30.6 Å². The second-order valence-electron chi connectivity index (χ2n) is 8.26. The van der Waals surface area contributed by atoms with Gasteiger partial charge in [-0.3, -0.25) is 4.79 Å². The van der Waals surface area contributed by atoms with Crippen molar-refractivity contribution < 1.29 is 18.7 Å². The number of hydrogen-bond donors (Lipinski definition) is 3. The zero-order valence-electron chi connectivity index (χ0n) is 16.8. The SMILES string of the molecule is O=C(NCC1CNC1)c1ccc2c(c1)Cc1cc(-c3ccc(F)cc3F)ccc1C2O. The first-order valence-electron chi connectivity index (χ1n) is 10.4. The number of nitrogens with one attached hydrogen (secondary N) is 2. The first-order chi connectivity index (χ1) is 15.0. The summed E-state index contributed by atoms with van der Waals surface area (Å²) in [6.07, 6.45) is -0.296. The Hall–Kier alpha value is -3.09. The van der Waals surface area contributed by atoms with Gasteiger partial charge < -0.3 is 15.7 Å². The maximum Gasteiger partial charge on any atom is 0.251 e. The van der Waals surface area contributed by atoms with Crippen LogP contribution in [0, 0.1) is 17.6 Å². The lowest BCUT2D eigenvalue weighted by Gasteiger charge is -2.27. The maximum absolute atomic E-state index is 14.2. The van der Waals surface area contributed by atoms with Crippen LogP contribution in [0.15, 0.2) is 54.6 Å². The molecule has 0 bridgehead atoms. The van der Waals surface area contributed by atoms with Crippen molar-refractivity contribution in [2.24, 2.45) is 5.92 Å². The van der Waals surface area contributed by atoms with Crippen molar-refractivity contribution in [3.8, 4) is 11.1 Å². The molecule has 1 unspecified atom stereocenters. The van der Waals surface area contributed by atoms with Gasteiger partial charge >= 0.3 is 0 Å². The Morgan fingerprint density at radius 3 is 2.45 bits per heavy atom. The summed E-state index contributed by atoms with van der Waals surface area (Å²) >= 11 is 0. The van der Waals surface area contributed by atoms with Crippen molar-refractivity contribution in [3.63, 3.8) is 0 Å². The summed E-state index contributed by atoms with van der Waals surface area (Å²) in [6, 6.07) is 14.2. The van der Waals surface area contributed by atoms with Gasteiger partial charge in [0, 0.05) is 42.7 Å². The van der Waals surface area contributed by atoms with E-state index >= 15 is 0 Å². The number of carbonyl (C=O) groups excluding carboxylic acids is 1. The molecule has 1 saturated heterocycles. The third-order valence-corrected chi connectivity index (χ3v) is 6.18. The van der Waals surface area contributed by atoms with E-state index < -0.39 is 17.7 Å². The number of aliphatic hydroxyl groups excluding tert-OH is 1. The number of benzene rings is 3. The van der Waals surface area contributed by atoms with Gasteiger partial charge in [-0.25, -0.2) is 8.78 Å². The van der Waals surface area contributed by atoms with Crippen LogP contribution in [0.4, 0.5) is 8.78 Å². The number of aliphatic hydroxyl groups is 1. The van der Waals surface area contributed by atoms with Crippen LogP contribution in [0.25, 0.3) is 11.1 Å². The molecule has 0 saturated carbocycles. The molecule has 1 fully saturated rings. The highest BCUT2D eigenvalue weighted by Crippen LogP contribution is 2.37. The maximum atomic E-state index is 14.2. The standard InChI is InChI=1S/C25H22F2N2O2/c26-19-3-6-20(23(27)10-19)15-1-4-21-17(7-15)9-18-8-16(2-5-22(18)24(21)30)25(31)29-13-14-11-28-12-14/h1-8,10,14,24,28,30H,9,11-13H2,(H,29,31). The van der Waals surface area contributed by atoms with Gasteiger partial charge in [-0.1, -0.05) is 24.3 Å². The molecule has 1 aliphatic heterocycles. The minimum atomic E-state index is -0.816. The second-order valence-corrected chi connectivity index (χ2v) is 8.26. The molecule has 31 heavy (non-hydrogen) atoms. The average molecular weight is 420 g/mol. The van der Waals surface area contributed by atoms with Gasteiger partial charge in [0.05, 0.1) is 0 Å². The molecule has 158 valence electrons. The summed E-state index contributed by atoms with van der Waals surface area (Å²) in [5.74, 6) is -0.905. The van der Waals surface area contributed by atoms with Gasteiger partial charge in [-0.15, -0.1) is 0 Å². The van der Waals surface area contributed by atoms with Crippen LogP contribution in [-0.2, 0) is 6.42 Å². The summed E-state index contributed by atoms with van der Waals surface area (Å²) in [6.45, 7) is 2.48. The van der Waals surface area contributed by atoms with E-state index in [0.29, 0.717) is 35.6 Å². The Morgan fingerprint density at radius 2 is 1.74 bits per heavy atom. The first kappa shape index (κ1) is 19.8. The van der Waals surface area contributed by atoms with Crippen molar-refractivity contribution in [1.82, 2.24) is 10.6 Å². The molecule has 1 heterocycles. The number of carbonyl (C=O) groups is 1. The molecule has 1 aliphatic carbocycles. The number of fused-ring (bicyclic) bond motifs is 2. The Balaban J connectivity index is 1.42. The van der Waals surface area contributed by atoms with E-state index in [1.54, 1.807) is 24.3 Å². The van der Waals surface area contributed by atoms with Crippen molar-refractivity contribution >= 4 is 5.91 Å². The number of amides is 1. The Kier molecular flexibility index (Phi) is 5.04. The average Bonchev–Trinajstić information content (AvgIpc) is 2.72. The molecular formula is C25H22F2N2O2. The van der Waals surface area contributed by atoms with Gasteiger partial charge in [-0.2, -0.15) is 0 Å². The van der Waals surface area contributed by atoms with Crippen LogP contribution in [0.3, 0.4) is 0 Å². The fourth-order valence-corrected chi connectivity index (χ4v) is 4.29. The van der Waals surface area contributed by atoms with Crippen LogP contribution < -0.4 is 10.6 Å². The molecule has 1 amide bonds. The normalized spacial score (nSPS) is 17.5. The zero-order valence-corrected chi connectivity index (χ0v) is 16.8. The summed E-state index contributed by atoms with van der Waals surface area (Å²) in [7, 11) is 0. The van der Waals surface area contributed by atoms with Crippen molar-refractivity contribution in [1.29, 1.82) is 0 Å². The molecule has 0 aromatic heterocycles. The molecule has 3 aromatic rings. The predicted molar refractivity (Wildman–Crippen MR) is 114 cm³/mol. The molecule has 3 aromatic carbocycles. The summed E-state index contributed by atoms with van der Waals surface area (Å²) in [4.78, 5) is 12.5. The molecule has 5 rings (SSSR count). The minimum Gasteiger partial charge on any atom is -0.384 e. The second kappa shape index (κ2) is 7.87. The summed E-state index contributed by atoms with van der Waals surface area (Å²) in [5.41, 5.74) is 4.75. The topological polar surface area (TPSA) is 61.4 Å². The van der Waals surface area contributed by atoms with Gasteiger partial charge in [0.15, 0.2) is 0 Å². The largest absolute Gasteiger partial charge is 0.384 e. The third-order valence-electron chi connectivity index (χ3n) is 6.18. The van der Waals surface area contributed by atoms with Gasteiger partial charge in [0.1, 0.15) is 17.7 Å². The minimum absolute atomic E-state index is 0.128. The van der Waals surface area contributed by atoms with E-state index in [1.165, 1.54) is 12.1 Å². The molecule has 4 nitrogen and oxygen atoms in total. The van der Waals surface area contributed by atoms with Crippen LogP contribution in [0.1, 0.15) is 38.7 Å². The van der Waals surface area contributed by atoms with E-state index in [-0.39, 0.29) is 5.91 Å².